The fourth-order valence-corrected chi connectivity index (χ4v) is 6.62. The standard InChI is InChI=1S/C28H28N4O3S2/c1-5-31(6-2)19-9-7-18(8-10-19)29-28-32(20-11-13-21(33)14-12-20)26(34)25(37-28)27-30(3)23-17-22(35-4)15-16-24(23)36-27/h7-17,33H,5-6H2,1-4H3/b27-25-,29-28?. The van der Waals surface area contributed by atoms with E-state index in [9.17, 15) is 9.90 Å². The van der Waals surface area contributed by atoms with Crippen LogP contribution in [0, 0.1) is 0 Å². The van der Waals surface area contributed by atoms with Crippen LogP contribution in [0.3, 0.4) is 0 Å². The number of aromatic hydroxyl groups is 1. The van der Waals surface area contributed by atoms with E-state index in [1.807, 2.05) is 42.3 Å². The van der Waals surface area contributed by atoms with Crippen molar-refractivity contribution in [1.82, 2.24) is 0 Å². The third-order valence-electron chi connectivity index (χ3n) is 6.33. The average molecular weight is 533 g/mol. The van der Waals surface area contributed by atoms with Crippen LogP contribution >= 0.6 is 23.5 Å². The van der Waals surface area contributed by atoms with Gasteiger partial charge in [-0.05, 0) is 86.3 Å². The molecule has 0 aliphatic carbocycles. The summed E-state index contributed by atoms with van der Waals surface area (Å²) in [6.07, 6.45) is 0. The molecule has 3 aromatic rings. The SMILES string of the molecule is CCN(CC)c1ccc(N=C2S/C(=C3\Sc4ccc(OC)cc4N3C)C(=O)N2c2ccc(O)cc2)cc1. The second kappa shape index (κ2) is 10.4. The van der Waals surface area contributed by atoms with E-state index >= 15 is 0 Å². The molecule has 1 amide bonds. The highest BCUT2D eigenvalue weighted by molar-refractivity contribution is 8.20. The molecule has 2 aliphatic rings. The van der Waals surface area contributed by atoms with E-state index in [1.54, 1.807) is 48.0 Å². The maximum atomic E-state index is 13.9. The number of amidine groups is 1. The Morgan fingerprint density at radius 1 is 0.973 bits per heavy atom. The van der Waals surface area contributed by atoms with Gasteiger partial charge in [0.15, 0.2) is 5.17 Å². The third-order valence-corrected chi connectivity index (χ3v) is 8.72. The van der Waals surface area contributed by atoms with Gasteiger partial charge in [0, 0.05) is 36.8 Å². The minimum atomic E-state index is -0.150. The molecular formula is C28H28N4O3S2. The summed E-state index contributed by atoms with van der Waals surface area (Å²) in [5.41, 5.74) is 3.55. The molecule has 1 N–H and O–H groups in total. The zero-order valence-electron chi connectivity index (χ0n) is 21.1. The van der Waals surface area contributed by atoms with Crippen molar-refractivity contribution in [2.45, 2.75) is 18.7 Å². The largest absolute Gasteiger partial charge is 0.508 e. The summed E-state index contributed by atoms with van der Waals surface area (Å²) in [5, 5.41) is 11.2. The van der Waals surface area contributed by atoms with Gasteiger partial charge < -0.3 is 19.6 Å². The molecule has 0 atom stereocenters. The van der Waals surface area contributed by atoms with Gasteiger partial charge in [-0.25, -0.2) is 4.99 Å². The lowest BCUT2D eigenvalue weighted by Crippen LogP contribution is -2.29. The van der Waals surface area contributed by atoms with Crippen LogP contribution in [0.1, 0.15) is 13.8 Å². The molecule has 9 heteroatoms. The van der Waals surface area contributed by atoms with Gasteiger partial charge in [0.1, 0.15) is 16.4 Å². The number of phenols is 1. The van der Waals surface area contributed by atoms with Crippen molar-refractivity contribution in [3.8, 4) is 11.5 Å². The molecule has 5 rings (SSSR count). The van der Waals surface area contributed by atoms with E-state index < -0.39 is 0 Å². The third kappa shape index (κ3) is 4.76. The van der Waals surface area contributed by atoms with Gasteiger partial charge in [0.05, 0.1) is 29.2 Å². The number of thioether (sulfide) groups is 2. The number of aliphatic imine (C=N–C) groups is 1. The summed E-state index contributed by atoms with van der Waals surface area (Å²) in [6, 6.07) is 20.6. The number of methoxy groups -OCH3 is 1. The summed E-state index contributed by atoms with van der Waals surface area (Å²) in [7, 11) is 3.60. The Balaban J connectivity index is 1.55. The fourth-order valence-electron chi connectivity index (χ4n) is 4.30. The highest BCUT2D eigenvalue weighted by Gasteiger charge is 2.40. The Morgan fingerprint density at radius 2 is 1.68 bits per heavy atom. The number of hydrogen-bond donors (Lipinski definition) is 1. The van der Waals surface area contributed by atoms with Crippen molar-refractivity contribution in [1.29, 1.82) is 0 Å². The zero-order chi connectivity index (χ0) is 26.1. The predicted molar refractivity (Wildman–Crippen MR) is 155 cm³/mol. The lowest BCUT2D eigenvalue weighted by molar-refractivity contribution is -0.113. The zero-order valence-corrected chi connectivity index (χ0v) is 22.8. The van der Waals surface area contributed by atoms with Crippen LogP contribution in [0.5, 0.6) is 11.5 Å². The molecule has 0 aromatic heterocycles. The van der Waals surface area contributed by atoms with E-state index in [1.165, 1.54) is 11.8 Å². The van der Waals surface area contributed by atoms with Crippen molar-refractivity contribution in [3.05, 3.63) is 76.7 Å². The van der Waals surface area contributed by atoms with Crippen LogP contribution in [0.25, 0.3) is 0 Å². The maximum Gasteiger partial charge on any atom is 0.274 e. The van der Waals surface area contributed by atoms with E-state index in [-0.39, 0.29) is 11.7 Å². The highest BCUT2D eigenvalue weighted by Crippen LogP contribution is 2.51. The monoisotopic (exact) mass is 532 g/mol. The number of hydrogen-bond acceptors (Lipinski definition) is 8. The number of ether oxygens (including phenoxy) is 1. The van der Waals surface area contributed by atoms with Gasteiger partial charge in [-0.3, -0.25) is 9.69 Å². The first-order valence-corrected chi connectivity index (χ1v) is 13.7. The Labute approximate surface area is 225 Å². The van der Waals surface area contributed by atoms with E-state index in [2.05, 4.69) is 30.9 Å². The summed E-state index contributed by atoms with van der Waals surface area (Å²) in [4.78, 5) is 26.3. The van der Waals surface area contributed by atoms with E-state index in [0.29, 0.717) is 15.8 Å². The van der Waals surface area contributed by atoms with Crippen LogP contribution in [-0.4, -0.2) is 43.4 Å². The van der Waals surface area contributed by atoms with Gasteiger partial charge in [-0.1, -0.05) is 11.8 Å². The second-order valence-electron chi connectivity index (χ2n) is 8.47. The summed E-state index contributed by atoms with van der Waals surface area (Å²) in [5.74, 6) is 0.759. The van der Waals surface area contributed by atoms with Gasteiger partial charge in [0.25, 0.3) is 5.91 Å². The van der Waals surface area contributed by atoms with E-state index in [4.69, 9.17) is 9.73 Å². The van der Waals surface area contributed by atoms with Gasteiger partial charge >= 0.3 is 0 Å². The molecule has 37 heavy (non-hydrogen) atoms. The number of rotatable bonds is 6. The Morgan fingerprint density at radius 3 is 2.32 bits per heavy atom. The lowest BCUT2D eigenvalue weighted by atomic mass is 10.2. The van der Waals surface area contributed by atoms with Gasteiger partial charge in [-0.15, -0.1) is 0 Å². The first-order chi connectivity index (χ1) is 17.9. The number of phenolic OH excluding ortho intramolecular Hbond substituents is 1. The summed E-state index contributed by atoms with van der Waals surface area (Å²) >= 11 is 2.92. The topological polar surface area (TPSA) is 68.6 Å². The molecule has 2 aliphatic heterocycles. The van der Waals surface area contributed by atoms with Crippen molar-refractivity contribution in [2.75, 3.05) is 41.9 Å². The van der Waals surface area contributed by atoms with Crippen molar-refractivity contribution >= 4 is 57.3 Å². The number of amides is 1. The lowest BCUT2D eigenvalue weighted by Gasteiger charge is -2.21. The molecule has 0 spiro atoms. The molecule has 0 radical (unpaired) electrons. The minimum Gasteiger partial charge on any atom is -0.508 e. The van der Waals surface area contributed by atoms with Crippen LogP contribution in [0.4, 0.5) is 22.7 Å². The first kappa shape index (κ1) is 25.1. The Bertz CT molecular complexity index is 1380. The van der Waals surface area contributed by atoms with Gasteiger partial charge in [0.2, 0.25) is 0 Å². The molecule has 0 saturated carbocycles. The highest BCUT2D eigenvalue weighted by atomic mass is 32.2. The Kier molecular flexibility index (Phi) is 7.08. The molecule has 7 nitrogen and oxygen atoms in total. The van der Waals surface area contributed by atoms with E-state index in [0.717, 1.165) is 45.8 Å². The smallest absolute Gasteiger partial charge is 0.274 e. The molecule has 3 aromatic carbocycles. The Hall–Kier alpha value is -3.56. The van der Waals surface area contributed by atoms with Crippen molar-refractivity contribution in [3.63, 3.8) is 0 Å². The quantitative estimate of drug-likeness (QED) is 0.367. The maximum absolute atomic E-state index is 13.9. The number of anilines is 3. The van der Waals surface area contributed by atoms with Crippen molar-refractivity contribution in [2.24, 2.45) is 4.99 Å². The first-order valence-electron chi connectivity index (χ1n) is 12.0. The molecule has 0 bridgehead atoms. The average Bonchev–Trinajstić information content (AvgIpc) is 3.41. The molecular weight excluding hydrogens is 504 g/mol. The normalized spacial score (nSPS) is 18.1. The van der Waals surface area contributed by atoms with Crippen LogP contribution in [0.15, 0.2) is 86.6 Å². The number of carbonyl (C=O) groups excluding carboxylic acids is 1. The second-order valence-corrected chi connectivity index (χ2v) is 10.5. The summed E-state index contributed by atoms with van der Waals surface area (Å²) in [6.45, 7) is 6.13. The number of nitrogens with zero attached hydrogens (tertiary/aromatic N) is 4. The fraction of sp³-hybridized carbons (Fsp3) is 0.214. The van der Waals surface area contributed by atoms with Crippen LogP contribution in [0.2, 0.25) is 0 Å². The molecule has 2 heterocycles. The van der Waals surface area contributed by atoms with Crippen molar-refractivity contribution < 1.29 is 14.6 Å². The number of fused-ring (bicyclic) bond motifs is 1. The number of benzene rings is 3. The van der Waals surface area contributed by atoms with Crippen LogP contribution < -0.4 is 19.4 Å². The molecule has 1 fully saturated rings. The summed E-state index contributed by atoms with van der Waals surface area (Å²) < 4.78 is 5.40. The molecule has 190 valence electrons. The van der Waals surface area contributed by atoms with Gasteiger partial charge in [-0.2, -0.15) is 0 Å². The number of carbonyl (C=O) groups is 1. The molecule has 0 unspecified atom stereocenters. The predicted octanol–water partition coefficient (Wildman–Crippen LogP) is 6.43. The minimum absolute atomic E-state index is 0.141. The molecule has 1 saturated heterocycles. The van der Waals surface area contributed by atoms with Crippen LogP contribution in [-0.2, 0) is 4.79 Å².